The minimum absolute atomic E-state index is 0.233. The van der Waals surface area contributed by atoms with Crippen LogP contribution < -0.4 is 15.8 Å². The van der Waals surface area contributed by atoms with Crippen molar-refractivity contribution in [2.45, 2.75) is 78.0 Å². The molecule has 0 aromatic heterocycles. The fourth-order valence-electron chi connectivity index (χ4n) is 2.32. The van der Waals surface area contributed by atoms with Crippen molar-refractivity contribution in [3.8, 4) is 5.75 Å². The lowest BCUT2D eigenvalue weighted by Gasteiger charge is -2.22. The molecule has 0 radical (unpaired) electrons. The van der Waals surface area contributed by atoms with Crippen molar-refractivity contribution in [1.29, 1.82) is 0 Å². The lowest BCUT2D eigenvalue weighted by atomic mass is 10.0. The predicted molar refractivity (Wildman–Crippen MR) is 102 cm³/mol. The summed E-state index contributed by atoms with van der Waals surface area (Å²) < 4.78 is 11.0. The van der Waals surface area contributed by atoms with Gasteiger partial charge in [0.25, 0.3) is 0 Å². The number of carbonyl (C=O) groups excluding carboxylic acids is 2. The second kappa shape index (κ2) is 8.92. The lowest BCUT2D eigenvalue weighted by molar-refractivity contribution is -0.120. The Balaban J connectivity index is 2.50. The van der Waals surface area contributed by atoms with E-state index in [9.17, 15) is 9.59 Å². The van der Waals surface area contributed by atoms with E-state index in [0.29, 0.717) is 12.8 Å². The van der Waals surface area contributed by atoms with Crippen LogP contribution in [0.5, 0.6) is 5.75 Å². The fourth-order valence-corrected chi connectivity index (χ4v) is 2.32. The lowest BCUT2D eigenvalue weighted by Crippen LogP contribution is -2.46. The fraction of sp³-hybridized carbons (Fsp3) is 0.600. The third-order valence-electron chi connectivity index (χ3n) is 3.34. The molecule has 6 nitrogen and oxygen atoms in total. The SMILES string of the molecule is CC(C)(C)OC(=O)NC(CCCc1ccc(OC(C)(C)C)cc1)C(N)=O. The summed E-state index contributed by atoms with van der Waals surface area (Å²) >= 11 is 0. The Hall–Kier alpha value is -2.24. The Labute approximate surface area is 156 Å². The predicted octanol–water partition coefficient (Wildman–Crippen LogP) is 3.57. The van der Waals surface area contributed by atoms with Gasteiger partial charge in [-0.15, -0.1) is 0 Å². The zero-order valence-corrected chi connectivity index (χ0v) is 16.7. The van der Waals surface area contributed by atoms with Crippen molar-refractivity contribution >= 4 is 12.0 Å². The van der Waals surface area contributed by atoms with Crippen LogP contribution in [0.15, 0.2) is 24.3 Å². The number of hydrogen-bond acceptors (Lipinski definition) is 4. The summed E-state index contributed by atoms with van der Waals surface area (Å²) in [5.74, 6) is 0.257. The van der Waals surface area contributed by atoms with Crippen LogP contribution in [-0.2, 0) is 16.0 Å². The Bertz CT molecular complexity index is 598. The second-order valence-electron chi connectivity index (χ2n) is 8.35. The highest BCUT2D eigenvalue weighted by Crippen LogP contribution is 2.19. The molecule has 1 aromatic rings. The number of alkyl carbamates (subject to hydrolysis) is 1. The highest BCUT2D eigenvalue weighted by atomic mass is 16.6. The average Bonchev–Trinajstić information content (AvgIpc) is 2.44. The molecule has 0 saturated carbocycles. The highest BCUT2D eigenvalue weighted by molar-refractivity contribution is 5.84. The summed E-state index contributed by atoms with van der Waals surface area (Å²) in [6.45, 7) is 11.3. The van der Waals surface area contributed by atoms with E-state index >= 15 is 0 Å². The van der Waals surface area contributed by atoms with Gasteiger partial charge in [-0.25, -0.2) is 4.79 Å². The van der Waals surface area contributed by atoms with E-state index in [0.717, 1.165) is 17.7 Å². The molecule has 0 bridgehead atoms. The van der Waals surface area contributed by atoms with Gasteiger partial charge in [0.05, 0.1) is 0 Å². The maximum absolute atomic E-state index is 11.8. The topological polar surface area (TPSA) is 90.7 Å². The van der Waals surface area contributed by atoms with Crippen LogP contribution in [0.25, 0.3) is 0 Å². The van der Waals surface area contributed by atoms with E-state index in [-0.39, 0.29) is 5.60 Å². The molecule has 0 fully saturated rings. The van der Waals surface area contributed by atoms with Gasteiger partial charge in [-0.05, 0) is 78.5 Å². The van der Waals surface area contributed by atoms with Gasteiger partial charge in [0, 0.05) is 0 Å². The summed E-state index contributed by atoms with van der Waals surface area (Å²) in [6, 6.07) is 7.13. The minimum atomic E-state index is -0.742. The molecule has 6 heteroatoms. The third kappa shape index (κ3) is 9.30. The van der Waals surface area contributed by atoms with Gasteiger partial charge in [-0.3, -0.25) is 4.79 Å². The molecule has 1 unspecified atom stereocenters. The van der Waals surface area contributed by atoms with Crippen LogP contribution in [0, 0.1) is 0 Å². The molecule has 2 amide bonds. The Morgan fingerprint density at radius 2 is 1.62 bits per heavy atom. The number of nitrogens with two attached hydrogens (primary N) is 1. The maximum Gasteiger partial charge on any atom is 0.408 e. The molecule has 1 atom stereocenters. The smallest absolute Gasteiger partial charge is 0.408 e. The summed E-state index contributed by atoms with van der Waals surface area (Å²) in [5, 5.41) is 2.54. The van der Waals surface area contributed by atoms with Crippen LogP contribution in [-0.4, -0.2) is 29.2 Å². The number of hydrogen-bond donors (Lipinski definition) is 2. The quantitative estimate of drug-likeness (QED) is 0.774. The number of amides is 2. The van der Waals surface area contributed by atoms with Crippen molar-refractivity contribution in [2.75, 3.05) is 0 Å². The van der Waals surface area contributed by atoms with Gasteiger partial charge in [0.15, 0.2) is 0 Å². The molecule has 26 heavy (non-hydrogen) atoms. The number of carbonyl (C=O) groups is 2. The van der Waals surface area contributed by atoms with Crippen molar-refractivity contribution in [3.63, 3.8) is 0 Å². The van der Waals surface area contributed by atoms with Crippen molar-refractivity contribution in [2.24, 2.45) is 5.73 Å². The van der Waals surface area contributed by atoms with E-state index in [2.05, 4.69) is 5.32 Å². The van der Waals surface area contributed by atoms with Crippen LogP contribution in [0.4, 0.5) is 4.79 Å². The first-order valence-electron chi connectivity index (χ1n) is 8.92. The zero-order chi connectivity index (χ0) is 20.0. The van der Waals surface area contributed by atoms with Gasteiger partial charge < -0.3 is 20.5 Å². The number of aryl methyl sites for hydroxylation is 1. The maximum atomic E-state index is 11.8. The van der Waals surface area contributed by atoms with E-state index in [1.165, 1.54) is 0 Å². The average molecular weight is 364 g/mol. The van der Waals surface area contributed by atoms with Gasteiger partial charge in [0.2, 0.25) is 5.91 Å². The molecule has 0 heterocycles. The van der Waals surface area contributed by atoms with Crippen molar-refractivity contribution in [3.05, 3.63) is 29.8 Å². The highest BCUT2D eigenvalue weighted by Gasteiger charge is 2.22. The normalized spacial score (nSPS) is 13.0. The van der Waals surface area contributed by atoms with Crippen LogP contribution in [0.3, 0.4) is 0 Å². The molecule has 1 rings (SSSR count). The molecule has 0 aliphatic rings. The summed E-state index contributed by atoms with van der Waals surface area (Å²) in [5.41, 5.74) is 5.66. The first kappa shape index (κ1) is 21.8. The number of benzene rings is 1. The zero-order valence-electron chi connectivity index (χ0n) is 16.7. The molecule has 1 aromatic carbocycles. The molecule has 0 aliphatic carbocycles. The molecule has 0 aliphatic heterocycles. The van der Waals surface area contributed by atoms with Crippen LogP contribution in [0.1, 0.15) is 59.9 Å². The first-order chi connectivity index (χ1) is 11.9. The Morgan fingerprint density at radius 1 is 1.04 bits per heavy atom. The second-order valence-corrected chi connectivity index (χ2v) is 8.35. The molecular weight excluding hydrogens is 332 g/mol. The Morgan fingerprint density at radius 3 is 2.08 bits per heavy atom. The number of primary amides is 1. The van der Waals surface area contributed by atoms with Gasteiger partial charge >= 0.3 is 6.09 Å². The van der Waals surface area contributed by atoms with Crippen LogP contribution >= 0.6 is 0 Å². The van der Waals surface area contributed by atoms with Gasteiger partial charge in [0.1, 0.15) is 23.0 Å². The van der Waals surface area contributed by atoms with Crippen molar-refractivity contribution < 1.29 is 19.1 Å². The van der Waals surface area contributed by atoms with Crippen LogP contribution in [0.2, 0.25) is 0 Å². The number of rotatable bonds is 7. The molecular formula is C20H32N2O4. The summed E-state index contributed by atoms with van der Waals surface area (Å²) in [7, 11) is 0. The molecule has 0 saturated heterocycles. The van der Waals surface area contributed by atoms with Gasteiger partial charge in [-0.1, -0.05) is 12.1 Å². The largest absolute Gasteiger partial charge is 0.488 e. The standard InChI is InChI=1S/C20H32N2O4/c1-19(2,3)25-15-12-10-14(11-13-15)8-7-9-16(17(21)23)22-18(24)26-20(4,5)6/h10-13,16H,7-9H2,1-6H3,(H2,21,23)(H,22,24). The monoisotopic (exact) mass is 364 g/mol. The van der Waals surface area contributed by atoms with Crippen molar-refractivity contribution in [1.82, 2.24) is 5.32 Å². The number of ether oxygens (including phenoxy) is 2. The van der Waals surface area contributed by atoms with E-state index in [1.54, 1.807) is 20.8 Å². The third-order valence-corrected chi connectivity index (χ3v) is 3.34. The number of nitrogens with one attached hydrogen (secondary N) is 1. The molecule has 0 spiro atoms. The van der Waals surface area contributed by atoms with E-state index < -0.39 is 23.6 Å². The molecule has 146 valence electrons. The minimum Gasteiger partial charge on any atom is -0.488 e. The van der Waals surface area contributed by atoms with E-state index in [4.69, 9.17) is 15.2 Å². The molecule has 3 N–H and O–H groups in total. The summed E-state index contributed by atoms with van der Waals surface area (Å²) in [6.07, 6.45) is 1.30. The van der Waals surface area contributed by atoms with E-state index in [1.807, 2.05) is 45.0 Å². The summed E-state index contributed by atoms with van der Waals surface area (Å²) in [4.78, 5) is 23.4. The first-order valence-corrected chi connectivity index (χ1v) is 8.92. The van der Waals surface area contributed by atoms with Gasteiger partial charge in [-0.2, -0.15) is 0 Å². The Kier molecular flexibility index (Phi) is 7.48.